The molecule has 1 heterocycles. The maximum Gasteiger partial charge on any atom is 0.225 e. The van der Waals surface area contributed by atoms with Crippen LogP contribution >= 0.6 is 0 Å². The number of nitrogens with one attached hydrogen (secondary N) is 1. The zero-order valence-electron chi connectivity index (χ0n) is 13.1. The van der Waals surface area contributed by atoms with Crippen LogP contribution < -0.4 is 5.32 Å². The third-order valence-corrected chi connectivity index (χ3v) is 4.18. The van der Waals surface area contributed by atoms with Crippen LogP contribution in [0.3, 0.4) is 0 Å². The lowest BCUT2D eigenvalue weighted by molar-refractivity contribution is -0.128. The van der Waals surface area contributed by atoms with Crippen LogP contribution in [0, 0.1) is 11.7 Å². The van der Waals surface area contributed by atoms with Gasteiger partial charge in [0.2, 0.25) is 11.8 Å². The molecule has 0 aliphatic carbocycles. The molecule has 4 nitrogen and oxygen atoms in total. The van der Waals surface area contributed by atoms with Gasteiger partial charge in [0.25, 0.3) is 0 Å². The number of hydrogen-bond donors (Lipinski definition) is 1. The first-order chi connectivity index (χ1) is 10.5. The number of rotatable bonds is 6. The number of nitrogens with zero attached hydrogens (tertiary/aromatic N) is 1. The Labute approximate surface area is 130 Å². The molecule has 2 amide bonds. The summed E-state index contributed by atoms with van der Waals surface area (Å²) in [6.07, 6.45) is 1.92. The van der Waals surface area contributed by atoms with E-state index in [2.05, 4.69) is 5.32 Å². The number of hydrogen-bond acceptors (Lipinski definition) is 2. The van der Waals surface area contributed by atoms with Gasteiger partial charge in [-0.2, -0.15) is 0 Å². The molecule has 1 N–H and O–H groups in total. The highest BCUT2D eigenvalue weighted by molar-refractivity contribution is 5.83. The molecular weight excluding hydrogens is 283 g/mol. The summed E-state index contributed by atoms with van der Waals surface area (Å²) in [6.45, 7) is 4.85. The van der Waals surface area contributed by atoms with E-state index < -0.39 is 0 Å². The molecule has 0 spiro atoms. The fourth-order valence-electron chi connectivity index (χ4n) is 2.86. The van der Waals surface area contributed by atoms with Crippen molar-refractivity contribution in [3.63, 3.8) is 0 Å². The van der Waals surface area contributed by atoms with Gasteiger partial charge in [-0.15, -0.1) is 0 Å². The van der Waals surface area contributed by atoms with Crippen LogP contribution in [-0.4, -0.2) is 29.3 Å². The van der Waals surface area contributed by atoms with E-state index in [-0.39, 0.29) is 29.6 Å². The molecule has 0 aromatic heterocycles. The first-order valence-corrected chi connectivity index (χ1v) is 7.86. The summed E-state index contributed by atoms with van der Waals surface area (Å²) >= 11 is 0. The summed E-state index contributed by atoms with van der Waals surface area (Å²) in [4.78, 5) is 25.8. The van der Waals surface area contributed by atoms with E-state index in [0.29, 0.717) is 19.5 Å². The van der Waals surface area contributed by atoms with Gasteiger partial charge in [-0.1, -0.05) is 26.0 Å². The molecule has 1 aromatic carbocycles. The third-order valence-electron chi connectivity index (χ3n) is 4.18. The minimum Gasteiger partial charge on any atom is -0.351 e. The molecule has 5 heteroatoms. The van der Waals surface area contributed by atoms with Crippen LogP contribution in [0.25, 0.3) is 0 Å². The van der Waals surface area contributed by atoms with Crippen molar-refractivity contribution in [2.24, 2.45) is 5.92 Å². The quantitative estimate of drug-likeness (QED) is 0.878. The Morgan fingerprint density at radius 3 is 2.77 bits per heavy atom. The van der Waals surface area contributed by atoms with Gasteiger partial charge in [-0.25, -0.2) is 4.39 Å². The fourth-order valence-corrected chi connectivity index (χ4v) is 2.86. The van der Waals surface area contributed by atoms with E-state index in [1.54, 1.807) is 17.0 Å². The predicted octanol–water partition coefficient (Wildman–Crippen LogP) is 2.48. The topological polar surface area (TPSA) is 49.4 Å². The molecule has 1 aliphatic rings. The monoisotopic (exact) mass is 306 g/mol. The van der Waals surface area contributed by atoms with Gasteiger partial charge in [0.05, 0.1) is 6.04 Å². The molecular formula is C17H23FN2O2. The van der Waals surface area contributed by atoms with E-state index in [1.807, 2.05) is 13.8 Å². The molecule has 1 aromatic rings. The van der Waals surface area contributed by atoms with Crippen molar-refractivity contribution in [1.82, 2.24) is 10.2 Å². The summed E-state index contributed by atoms with van der Waals surface area (Å²) in [5.74, 6) is -0.274. The number of benzene rings is 1. The van der Waals surface area contributed by atoms with Crippen molar-refractivity contribution in [2.75, 3.05) is 6.54 Å². The van der Waals surface area contributed by atoms with Gasteiger partial charge in [-0.05, 0) is 30.5 Å². The van der Waals surface area contributed by atoms with E-state index in [0.717, 1.165) is 18.4 Å². The molecule has 0 unspecified atom stereocenters. The zero-order valence-corrected chi connectivity index (χ0v) is 13.1. The van der Waals surface area contributed by atoms with Gasteiger partial charge in [0.15, 0.2) is 0 Å². The number of carbonyl (C=O) groups excluding carboxylic acids is 2. The number of carbonyl (C=O) groups is 2. The van der Waals surface area contributed by atoms with Gasteiger partial charge < -0.3 is 10.2 Å². The minimum absolute atomic E-state index is 0.000826. The maximum atomic E-state index is 13.2. The molecule has 1 saturated heterocycles. The molecule has 22 heavy (non-hydrogen) atoms. The van der Waals surface area contributed by atoms with Gasteiger partial charge in [-0.3, -0.25) is 9.59 Å². The Morgan fingerprint density at radius 2 is 2.14 bits per heavy atom. The summed E-state index contributed by atoms with van der Waals surface area (Å²) in [6, 6.07) is 6.11. The Hall–Kier alpha value is -1.91. The lowest BCUT2D eigenvalue weighted by atomic mass is 10.0. The Bertz CT molecular complexity index is 543. The largest absolute Gasteiger partial charge is 0.351 e. The van der Waals surface area contributed by atoms with Crippen LogP contribution in [0.15, 0.2) is 24.3 Å². The molecule has 1 aliphatic heterocycles. The van der Waals surface area contributed by atoms with E-state index in [9.17, 15) is 14.0 Å². The minimum atomic E-state index is -0.303. The van der Waals surface area contributed by atoms with Gasteiger partial charge >= 0.3 is 0 Å². The van der Waals surface area contributed by atoms with Crippen molar-refractivity contribution in [1.29, 1.82) is 0 Å². The molecule has 0 bridgehead atoms. The van der Waals surface area contributed by atoms with Crippen molar-refractivity contribution in [3.05, 3.63) is 35.6 Å². The van der Waals surface area contributed by atoms with Gasteiger partial charge in [0, 0.05) is 25.4 Å². The Morgan fingerprint density at radius 1 is 1.41 bits per heavy atom. The van der Waals surface area contributed by atoms with Crippen LogP contribution in [0.5, 0.6) is 0 Å². The van der Waals surface area contributed by atoms with Crippen LogP contribution in [0.4, 0.5) is 4.39 Å². The molecule has 1 fully saturated rings. The van der Waals surface area contributed by atoms with Crippen LogP contribution in [0.2, 0.25) is 0 Å². The van der Waals surface area contributed by atoms with E-state index in [1.165, 1.54) is 12.1 Å². The molecule has 120 valence electrons. The Kier molecular flexibility index (Phi) is 5.52. The average Bonchev–Trinajstić information content (AvgIpc) is 2.80. The smallest absolute Gasteiger partial charge is 0.225 e. The first-order valence-electron chi connectivity index (χ1n) is 7.86. The average molecular weight is 306 g/mol. The van der Waals surface area contributed by atoms with E-state index in [4.69, 9.17) is 0 Å². The Balaban J connectivity index is 1.92. The standard InChI is InChI=1S/C17H23FN2O2/c1-3-13(4-2)17(22)19-15-9-16(21)20(11-15)10-12-6-5-7-14(18)8-12/h5-8,13,15H,3-4,9-11H2,1-2H3,(H,19,22)/t15-/m0/s1. The zero-order chi connectivity index (χ0) is 16.1. The van der Waals surface area contributed by atoms with Crippen molar-refractivity contribution in [3.8, 4) is 0 Å². The summed E-state index contributed by atoms with van der Waals surface area (Å²) in [5.41, 5.74) is 0.764. The SMILES string of the molecule is CCC(CC)C(=O)N[C@H]1CC(=O)N(Cc2cccc(F)c2)C1. The second kappa shape index (κ2) is 7.38. The summed E-state index contributed by atoms with van der Waals surface area (Å²) < 4.78 is 13.2. The summed E-state index contributed by atoms with van der Waals surface area (Å²) in [7, 11) is 0. The lowest BCUT2D eigenvalue weighted by Gasteiger charge is -2.19. The van der Waals surface area contributed by atoms with Crippen LogP contribution in [0.1, 0.15) is 38.7 Å². The normalized spacial score (nSPS) is 18.1. The number of halogens is 1. The van der Waals surface area contributed by atoms with Crippen LogP contribution in [-0.2, 0) is 16.1 Å². The second-order valence-electron chi connectivity index (χ2n) is 5.83. The molecule has 2 rings (SSSR count). The number of likely N-dealkylation sites (tertiary alicyclic amines) is 1. The molecule has 0 saturated carbocycles. The highest BCUT2D eigenvalue weighted by Gasteiger charge is 2.31. The third kappa shape index (κ3) is 4.06. The van der Waals surface area contributed by atoms with Crippen molar-refractivity contribution >= 4 is 11.8 Å². The molecule has 1 atom stereocenters. The fraction of sp³-hybridized carbons (Fsp3) is 0.529. The highest BCUT2D eigenvalue weighted by atomic mass is 19.1. The van der Waals surface area contributed by atoms with Crippen molar-refractivity contribution < 1.29 is 14.0 Å². The second-order valence-corrected chi connectivity index (χ2v) is 5.83. The summed E-state index contributed by atoms with van der Waals surface area (Å²) in [5, 5.41) is 2.96. The predicted molar refractivity (Wildman–Crippen MR) is 82.4 cm³/mol. The maximum absolute atomic E-state index is 13.2. The first kappa shape index (κ1) is 16.5. The number of amides is 2. The highest BCUT2D eigenvalue weighted by Crippen LogP contribution is 2.17. The van der Waals surface area contributed by atoms with Gasteiger partial charge in [0.1, 0.15) is 5.82 Å². The van der Waals surface area contributed by atoms with Crippen molar-refractivity contribution in [2.45, 2.75) is 45.7 Å². The molecule has 0 radical (unpaired) electrons. The lowest BCUT2D eigenvalue weighted by Crippen LogP contribution is -2.40. The van der Waals surface area contributed by atoms with E-state index >= 15 is 0 Å².